The minimum Gasteiger partial charge on any atom is -0.490 e. The molecule has 0 radical (unpaired) electrons. The van der Waals surface area contributed by atoms with Crippen LogP contribution in [-0.4, -0.2) is 29.5 Å². The molecule has 0 fully saturated rings. The van der Waals surface area contributed by atoms with Gasteiger partial charge in [-0.2, -0.15) is 13.2 Å². The molecular formula is C30H29Cl3F3NO4. The fraction of sp³-hybridized carbons (Fsp3) is 0.333. The Morgan fingerprint density at radius 3 is 2.17 bits per heavy atom. The highest BCUT2D eigenvalue weighted by Gasteiger charge is 2.31. The van der Waals surface area contributed by atoms with E-state index in [1.54, 1.807) is 24.3 Å². The van der Waals surface area contributed by atoms with E-state index in [4.69, 9.17) is 44.6 Å². The minimum atomic E-state index is -4.52. The van der Waals surface area contributed by atoms with Gasteiger partial charge in [-0.15, -0.1) is 0 Å². The van der Waals surface area contributed by atoms with Crippen LogP contribution in [0.15, 0.2) is 54.6 Å². The normalized spacial score (nSPS) is 13.0. The maximum absolute atomic E-state index is 13.0. The average molecular weight is 631 g/mol. The van der Waals surface area contributed by atoms with Crippen molar-refractivity contribution in [2.45, 2.75) is 51.7 Å². The summed E-state index contributed by atoms with van der Waals surface area (Å²) in [5, 5.41) is 12.5. The predicted molar refractivity (Wildman–Crippen MR) is 157 cm³/mol. The summed E-state index contributed by atoms with van der Waals surface area (Å²) in [6.45, 7) is 4.33. The second-order valence-corrected chi connectivity index (χ2v) is 10.9. The fourth-order valence-corrected chi connectivity index (χ4v) is 4.83. The SMILES string of the molecule is CC[C@H](C)[C@@H](COc1cc(Cl)c(-c2ccc(C(F)(F)F)cc2Cl)cc1Cl)Nc1ccc(C(=O)CCCC(=O)O)cc1. The zero-order chi connectivity index (χ0) is 30.3. The van der Waals surface area contributed by atoms with Crippen LogP contribution >= 0.6 is 34.8 Å². The molecule has 220 valence electrons. The number of anilines is 1. The summed E-state index contributed by atoms with van der Waals surface area (Å²) in [7, 11) is 0. The van der Waals surface area contributed by atoms with Crippen molar-refractivity contribution in [2.24, 2.45) is 5.92 Å². The largest absolute Gasteiger partial charge is 0.490 e. The molecular weight excluding hydrogens is 602 g/mol. The van der Waals surface area contributed by atoms with E-state index in [2.05, 4.69) is 12.2 Å². The number of Topliss-reactive ketones (excluding diaryl/α,β-unsaturated/α-hetero) is 1. The van der Waals surface area contributed by atoms with Crippen molar-refractivity contribution in [1.29, 1.82) is 0 Å². The molecule has 0 bridgehead atoms. The van der Waals surface area contributed by atoms with Crippen molar-refractivity contribution >= 4 is 52.2 Å². The van der Waals surface area contributed by atoms with Crippen LogP contribution in [0.1, 0.15) is 55.5 Å². The summed E-state index contributed by atoms with van der Waals surface area (Å²) >= 11 is 19.1. The number of carboxylic acids is 1. The molecule has 11 heteroatoms. The van der Waals surface area contributed by atoms with E-state index in [9.17, 15) is 22.8 Å². The molecule has 5 nitrogen and oxygen atoms in total. The van der Waals surface area contributed by atoms with E-state index < -0.39 is 17.7 Å². The highest BCUT2D eigenvalue weighted by molar-refractivity contribution is 6.38. The van der Waals surface area contributed by atoms with Gasteiger partial charge in [-0.25, -0.2) is 0 Å². The molecule has 2 atom stereocenters. The Labute approximate surface area is 251 Å². The lowest BCUT2D eigenvalue weighted by Gasteiger charge is -2.26. The van der Waals surface area contributed by atoms with Crippen LogP contribution in [0.4, 0.5) is 18.9 Å². The zero-order valence-corrected chi connectivity index (χ0v) is 24.6. The number of ether oxygens (including phenoxy) is 1. The van der Waals surface area contributed by atoms with Crippen LogP contribution in [0.5, 0.6) is 5.75 Å². The number of carboxylic acid groups (broad SMARTS) is 1. The number of ketones is 1. The van der Waals surface area contributed by atoms with Gasteiger partial charge in [0.15, 0.2) is 5.78 Å². The quantitative estimate of drug-likeness (QED) is 0.184. The molecule has 3 rings (SSSR count). The number of hydrogen-bond acceptors (Lipinski definition) is 4. The lowest BCUT2D eigenvalue weighted by atomic mass is 9.99. The molecule has 0 aromatic heterocycles. The summed E-state index contributed by atoms with van der Waals surface area (Å²) in [5.74, 6) is -0.557. The van der Waals surface area contributed by atoms with Crippen LogP contribution in [0.25, 0.3) is 11.1 Å². The monoisotopic (exact) mass is 629 g/mol. The van der Waals surface area contributed by atoms with Gasteiger partial charge in [0.1, 0.15) is 12.4 Å². The third-order valence-corrected chi connectivity index (χ3v) is 7.63. The number of hydrogen-bond donors (Lipinski definition) is 2. The lowest BCUT2D eigenvalue weighted by Crippen LogP contribution is -2.33. The van der Waals surface area contributed by atoms with Crippen molar-refractivity contribution in [3.8, 4) is 16.9 Å². The van der Waals surface area contributed by atoms with Gasteiger partial charge in [0.25, 0.3) is 0 Å². The van der Waals surface area contributed by atoms with E-state index >= 15 is 0 Å². The van der Waals surface area contributed by atoms with Crippen molar-refractivity contribution in [3.05, 3.63) is 80.8 Å². The fourth-order valence-electron chi connectivity index (χ4n) is 4.08. The lowest BCUT2D eigenvalue weighted by molar-refractivity contribution is -0.138. The number of carbonyl (C=O) groups excluding carboxylic acids is 1. The van der Waals surface area contributed by atoms with Crippen LogP contribution in [0, 0.1) is 5.92 Å². The Morgan fingerprint density at radius 2 is 1.59 bits per heavy atom. The molecule has 0 heterocycles. The van der Waals surface area contributed by atoms with Gasteiger partial charge in [0.2, 0.25) is 0 Å². The summed E-state index contributed by atoms with van der Waals surface area (Å²) in [4.78, 5) is 23.0. The Morgan fingerprint density at radius 1 is 0.927 bits per heavy atom. The Hall–Kier alpha value is -2.94. The minimum absolute atomic E-state index is 0.0529. The molecule has 2 N–H and O–H groups in total. The van der Waals surface area contributed by atoms with Crippen LogP contribution in [-0.2, 0) is 11.0 Å². The molecule has 0 aliphatic heterocycles. The number of rotatable bonds is 13. The first kappa shape index (κ1) is 32.6. The zero-order valence-electron chi connectivity index (χ0n) is 22.3. The topological polar surface area (TPSA) is 75.6 Å². The first-order chi connectivity index (χ1) is 19.3. The first-order valence-electron chi connectivity index (χ1n) is 12.9. The van der Waals surface area contributed by atoms with E-state index in [1.807, 2.05) is 6.92 Å². The summed E-state index contributed by atoms with van der Waals surface area (Å²) < 4.78 is 45.1. The number of nitrogens with one attached hydrogen (secondary N) is 1. The van der Waals surface area contributed by atoms with E-state index in [-0.39, 0.29) is 58.7 Å². The van der Waals surface area contributed by atoms with Gasteiger partial charge in [-0.05, 0) is 54.8 Å². The number of carbonyl (C=O) groups is 2. The summed E-state index contributed by atoms with van der Waals surface area (Å²) in [6.07, 6.45) is -3.28. The second kappa shape index (κ2) is 14.3. The molecule has 0 amide bonds. The third kappa shape index (κ3) is 9.02. The molecule has 0 aliphatic rings. The molecule has 0 saturated carbocycles. The van der Waals surface area contributed by atoms with Crippen LogP contribution in [0.3, 0.4) is 0 Å². The molecule has 0 saturated heterocycles. The first-order valence-corrected chi connectivity index (χ1v) is 14.0. The van der Waals surface area contributed by atoms with Crippen molar-refractivity contribution in [1.82, 2.24) is 0 Å². The van der Waals surface area contributed by atoms with Gasteiger partial charge in [0.05, 0.1) is 21.7 Å². The Balaban J connectivity index is 1.71. The van der Waals surface area contributed by atoms with Gasteiger partial charge < -0.3 is 15.2 Å². The Kier molecular flexibility index (Phi) is 11.4. The number of benzene rings is 3. The number of halogens is 6. The number of aliphatic carboxylic acids is 1. The summed E-state index contributed by atoms with van der Waals surface area (Å²) in [6, 6.07) is 12.9. The van der Waals surface area contributed by atoms with Crippen molar-refractivity contribution in [2.75, 3.05) is 11.9 Å². The molecule has 41 heavy (non-hydrogen) atoms. The van der Waals surface area contributed by atoms with E-state index in [0.717, 1.165) is 24.2 Å². The summed E-state index contributed by atoms with van der Waals surface area (Å²) in [5.41, 5.74) is 1.09. The maximum Gasteiger partial charge on any atom is 0.416 e. The third-order valence-electron chi connectivity index (χ3n) is 6.71. The maximum atomic E-state index is 13.0. The predicted octanol–water partition coefficient (Wildman–Crippen LogP) is 9.68. The smallest absolute Gasteiger partial charge is 0.416 e. The molecule has 0 spiro atoms. The molecule has 3 aromatic rings. The Bertz CT molecular complexity index is 1380. The van der Waals surface area contributed by atoms with E-state index in [0.29, 0.717) is 22.4 Å². The van der Waals surface area contributed by atoms with Gasteiger partial charge in [0, 0.05) is 46.3 Å². The second-order valence-electron chi connectivity index (χ2n) is 9.65. The van der Waals surface area contributed by atoms with Crippen LogP contribution < -0.4 is 10.1 Å². The van der Waals surface area contributed by atoms with Gasteiger partial charge in [-0.3, -0.25) is 9.59 Å². The number of alkyl halides is 3. The van der Waals surface area contributed by atoms with Gasteiger partial charge in [-0.1, -0.05) is 61.1 Å². The van der Waals surface area contributed by atoms with E-state index in [1.165, 1.54) is 18.2 Å². The highest BCUT2D eigenvalue weighted by Crippen LogP contribution is 2.41. The van der Waals surface area contributed by atoms with Crippen molar-refractivity contribution < 1.29 is 32.6 Å². The highest BCUT2D eigenvalue weighted by atomic mass is 35.5. The average Bonchev–Trinajstić information content (AvgIpc) is 2.91. The van der Waals surface area contributed by atoms with Crippen molar-refractivity contribution in [3.63, 3.8) is 0 Å². The molecule has 0 unspecified atom stereocenters. The molecule has 0 aliphatic carbocycles. The molecule has 3 aromatic carbocycles. The standard InChI is InChI=1S/C30H29Cl3F3NO4/c1-3-17(2)26(37-20-10-7-18(8-11-20)27(38)5-4-6-29(39)40)16-41-28-15-24(32)22(14-25(28)33)21-12-9-19(13-23(21)31)30(34,35)36/h7-15,17,26,37H,3-6,16H2,1-2H3,(H,39,40)/t17-,26+/m0/s1. The van der Waals surface area contributed by atoms with Crippen LogP contribution in [0.2, 0.25) is 15.1 Å². The van der Waals surface area contributed by atoms with Gasteiger partial charge >= 0.3 is 12.1 Å².